The standard InChI is InChI=1S/C25H26N4O3/c1-27(2)20-9-10-28(14-20)25(30)22-12-19-8-7-18(17-5-4-6-21(11-17)31-3)13-29(19)24(22)23-15-32-16-26-23/h4-8,11-13,15-16,20H,9-10,14H2,1-3H3/t20-/m0/s1. The fourth-order valence-corrected chi connectivity index (χ4v) is 4.41. The molecule has 7 nitrogen and oxygen atoms in total. The molecule has 0 aliphatic carbocycles. The zero-order valence-electron chi connectivity index (χ0n) is 18.5. The predicted molar refractivity (Wildman–Crippen MR) is 123 cm³/mol. The van der Waals surface area contributed by atoms with Gasteiger partial charge in [-0.2, -0.15) is 0 Å². The summed E-state index contributed by atoms with van der Waals surface area (Å²) in [7, 11) is 5.78. The highest BCUT2D eigenvalue weighted by Crippen LogP contribution is 2.32. The maximum atomic E-state index is 13.6. The van der Waals surface area contributed by atoms with Crippen LogP contribution in [0.25, 0.3) is 28.0 Å². The molecule has 1 aliphatic rings. The molecule has 5 rings (SSSR count). The fraction of sp³-hybridized carbons (Fsp3) is 0.280. The van der Waals surface area contributed by atoms with E-state index in [0.717, 1.165) is 47.6 Å². The predicted octanol–water partition coefficient (Wildman–Crippen LogP) is 4.05. The molecule has 0 N–H and O–H groups in total. The fourth-order valence-electron chi connectivity index (χ4n) is 4.41. The van der Waals surface area contributed by atoms with E-state index >= 15 is 0 Å². The molecule has 4 aromatic rings. The molecule has 1 fully saturated rings. The van der Waals surface area contributed by atoms with E-state index in [9.17, 15) is 4.79 Å². The molecule has 32 heavy (non-hydrogen) atoms. The molecule has 3 aromatic heterocycles. The molecule has 7 heteroatoms. The molecule has 1 aromatic carbocycles. The Kier molecular flexibility index (Phi) is 5.19. The first kappa shape index (κ1) is 20.3. The smallest absolute Gasteiger partial charge is 0.256 e. The summed E-state index contributed by atoms with van der Waals surface area (Å²) in [6, 6.07) is 14.3. The van der Waals surface area contributed by atoms with Gasteiger partial charge in [-0.3, -0.25) is 4.79 Å². The lowest BCUT2D eigenvalue weighted by Crippen LogP contribution is -2.34. The Morgan fingerprint density at radius 2 is 2.06 bits per heavy atom. The van der Waals surface area contributed by atoms with Crippen molar-refractivity contribution in [2.75, 3.05) is 34.3 Å². The number of hydrogen-bond acceptors (Lipinski definition) is 5. The van der Waals surface area contributed by atoms with Crippen LogP contribution in [0.1, 0.15) is 16.8 Å². The van der Waals surface area contributed by atoms with Gasteiger partial charge in [0.15, 0.2) is 6.39 Å². The van der Waals surface area contributed by atoms with Crippen LogP contribution in [0.3, 0.4) is 0 Å². The summed E-state index contributed by atoms with van der Waals surface area (Å²) in [5.41, 5.74) is 5.01. The number of methoxy groups -OCH3 is 1. The monoisotopic (exact) mass is 430 g/mol. The average molecular weight is 431 g/mol. The van der Waals surface area contributed by atoms with Crippen molar-refractivity contribution in [3.63, 3.8) is 0 Å². The van der Waals surface area contributed by atoms with Gasteiger partial charge in [-0.25, -0.2) is 4.98 Å². The van der Waals surface area contributed by atoms with E-state index in [1.165, 1.54) is 6.39 Å². The summed E-state index contributed by atoms with van der Waals surface area (Å²) < 4.78 is 12.7. The van der Waals surface area contributed by atoms with Crippen molar-refractivity contribution in [2.24, 2.45) is 0 Å². The number of fused-ring (bicyclic) bond motifs is 1. The summed E-state index contributed by atoms with van der Waals surface area (Å²) in [5.74, 6) is 0.825. The van der Waals surface area contributed by atoms with Gasteiger partial charge in [-0.05, 0) is 55.9 Å². The molecule has 0 saturated carbocycles. The van der Waals surface area contributed by atoms with Gasteiger partial charge in [-0.1, -0.05) is 18.2 Å². The molecule has 164 valence electrons. The zero-order chi connectivity index (χ0) is 22.2. The van der Waals surface area contributed by atoms with Crippen LogP contribution in [0, 0.1) is 0 Å². The van der Waals surface area contributed by atoms with Crippen molar-refractivity contribution in [1.29, 1.82) is 0 Å². The molecule has 0 bridgehead atoms. The summed E-state index contributed by atoms with van der Waals surface area (Å²) >= 11 is 0. The van der Waals surface area contributed by atoms with Crippen molar-refractivity contribution < 1.29 is 13.9 Å². The van der Waals surface area contributed by atoms with E-state index in [1.807, 2.05) is 51.9 Å². The molecular weight excluding hydrogens is 404 g/mol. The quantitative estimate of drug-likeness (QED) is 0.478. The Morgan fingerprint density at radius 3 is 2.78 bits per heavy atom. The number of likely N-dealkylation sites (N-methyl/N-ethyl adjacent to an activating group) is 1. The number of pyridine rings is 1. The number of oxazole rings is 1. The third-order valence-electron chi connectivity index (χ3n) is 6.26. The molecule has 4 heterocycles. The van der Waals surface area contributed by atoms with Gasteiger partial charge in [-0.15, -0.1) is 0 Å². The van der Waals surface area contributed by atoms with Gasteiger partial charge in [0.1, 0.15) is 17.7 Å². The van der Waals surface area contributed by atoms with Gasteiger partial charge < -0.3 is 23.4 Å². The number of benzene rings is 1. The molecule has 1 amide bonds. The normalized spacial score (nSPS) is 16.2. The zero-order valence-corrected chi connectivity index (χ0v) is 18.5. The SMILES string of the molecule is COc1cccc(-c2ccc3cc(C(=O)N4CC[C@H](N(C)C)C4)c(-c4cocn4)n3c2)c1. The van der Waals surface area contributed by atoms with Crippen molar-refractivity contribution in [3.8, 4) is 28.3 Å². The lowest BCUT2D eigenvalue weighted by atomic mass is 10.1. The largest absolute Gasteiger partial charge is 0.497 e. The third kappa shape index (κ3) is 3.54. The van der Waals surface area contributed by atoms with E-state index in [-0.39, 0.29) is 5.91 Å². The lowest BCUT2D eigenvalue weighted by Gasteiger charge is -2.20. The van der Waals surface area contributed by atoms with Crippen LogP contribution in [-0.2, 0) is 0 Å². The number of nitrogens with zero attached hydrogens (tertiary/aromatic N) is 4. The highest BCUT2D eigenvalue weighted by Gasteiger charge is 2.31. The van der Waals surface area contributed by atoms with Crippen LogP contribution >= 0.6 is 0 Å². The number of rotatable bonds is 5. The number of ether oxygens (including phenoxy) is 1. The number of aromatic nitrogens is 2. The number of carbonyl (C=O) groups excluding carboxylic acids is 1. The van der Waals surface area contributed by atoms with E-state index in [4.69, 9.17) is 9.15 Å². The van der Waals surface area contributed by atoms with Crippen molar-refractivity contribution in [2.45, 2.75) is 12.5 Å². The highest BCUT2D eigenvalue weighted by molar-refractivity contribution is 6.02. The summed E-state index contributed by atoms with van der Waals surface area (Å²) in [4.78, 5) is 22.0. The first-order valence-corrected chi connectivity index (χ1v) is 10.7. The van der Waals surface area contributed by atoms with E-state index < -0.39 is 0 Å². The summed E-state index contributed by atoms with van der Waals surface area (Å²) in [6.07, 6.45) is 6.00. The van der Waals surface area contributed by atoms with Crippen LogP contribution in [-0.4, -0.2) is 65.4 Å². The Balaban J connectivity index is 1.61. The summed E-state index contributed by atoms with van der Waals surface area (Å²) in [6.45, 7) is 1.48. The summed E-state index contributed by atoms with van der Waals surface area (Å²) in [5, 5.41) is 0. The Labute approximate surface area is 186 Å². The minimum Gasteiger partial charge on any atom is -0.497 e. The van der Waals surface area contributed by atoms with Crippen molar-refractivity contribution >= 4 is 11.4 Å². The Hall–Kier alpha value is -3.58. The molecule has 0 radical (unpaired) electrons. The molecule has 1 saturated heterocycles. The van der Waals surface area contributed by atoms with Gasteiger partial charge in [0.25, 0.3) is 5.91 Å². The molecular formula is C25H26N4O3. The van der Waals surface area contributed by atoms with Gasteiger partial charge >= 0.3 is 0 Å². The topological polar surface area (TPSA) is 63.2 Å². The second kappa shape index (κ2) is 8.16. The average Bonchev–Trinajstić information content (AvgIpc) is 3.57. The van der Waals surface area contributed by atoms with Gasteiger partial charge in [0.2, 0.25) is 0 Å². The Morgan fingerprint density at radius 1 is 1.19 bits per heavy atom. The highest BCUT2D eigenvalue weighted by atomic mass is 16.5. The van der Waals surface area contributed by atoms with Gasteiger partial charge in [0.05, 0.1) is 18.4 Å². The van der Waals surface area contributed by atoms with Crippen LogP contribution in [0.15, 0.2) is 65.7 Å². The van der Waals surface area contributed by atoms with Crippen LogP contribution in [0.4, 0.5) is 0 Å². The van der Waals surface area contributed by atoms with Crippen LogP contribution in [0.5, 0.6) is 5.75 Å². The third-order valence-corrected chi connectivity index (χ3v) is 6.26. The van der Waals surface area contributed by atoms with Crippen molar-refractivity contribution in [1.82, 2.24) is 19.2 Å². The maximum absolute atomic E-state index is 13.6. The van der Waals surface area contributed by atoms with Crippen LogP contribution < -0.4 is 4.74 Å². The number of likely N-dealkylation sites (tertiary alicyclic amines) is 1. The number of hydrogen-bond donors (Lipinski definition) is 0. The van der Waals surface area contributed by atoms with E-state index in [1.54, 1.807) is 13.4 Å². The molecule has 0 unspecified atom stereocenters. The second-order valence-electron chi connectivity index (χ2n) is 8.38. The lowest BCUT2D eigenvalue weighted by molar-refractivity contribution is 0.0784. The number of amides is 1. The second-order valence-corrected chi connectivity index (χ2v) is 8.38. The van der Waals surface area contributed by atoms with E-state index in [0.29, 0.717) is 17.3 Å². The Bertz CT molecular complexity index is 1260. The number of carbonyl (C=O) groups is 1. The molecule has 1 atom stereocenters. The van der Waals surface area contributed by atoms with Crippen molar-refractivity contribution in [3.05, 3.63) is 66.9 Å². The van der Waals surface area contributed by atoms with Gasteiger partial charge in [0, 0.05) is 30.8 Å². The molecule has 1 aliphatic heterocycles. The minimum absolute atomic E-state index is 0.0268. The first-order valence-electron chi connectivity index (χ1n) is 10.7. The maximum Gasteiger partial charge on any atom is 0.256 e. The first-order chi connectivity index (χ1) is 15.5. The minimum atomic E-state index is 0.0268. The van der Waals surface area contributed by atoms with E-state index in [2.05, 4.69) is 30.0 Å². The molecule has 0 spiro atoms. The van der Waals surface area contributed by atoms with Crippen LogP contribution in [0.2, 0.25) is 0 Å².